The Morgan fingerprint density at radius 2 is 2.18 bits per heavy atom. The molecule has 2 rings (SSSR count). The van der Waals surface area contributed by atoms with Gasteiger partial charge in [0.2, 0.25) is 0 Å². The van der Waals surface area contributed by atoms with E-state index < -0.39 is 0 Å². The van der Waals surface area contributed by atoms with Crippen molar-refractivity contribution in [2.24, 2.45) is 0 Å². The van der Waals surface area contributed by atoms with E-state index in [9.17, 15) is 0 Å². The Labute approximate surface area is 101 Å². The predicted molar refractivity (Wildman–Crippen MR) is 67.9 cm³/mol. The number of aromatic nitrogens is 2. The quantitative estimate of drug-likeness (QED) is 0.859. The van der Waals surface area contributed by atoms with E-state index in [0.29, 0.717) is 0 Å². The summed E-state index contributed by atoms with van der Waals surface area (Å²) in [5.41, 5.74) is 0.837. The van der Waals surface area contributed by atoms with Crippen LogP contribution in [-0.2, 0) is 6.42 Å². The average molecular weight is 231 g/mol. The van der Waals surface area contributed by atoms with E-state index in [1.165, 1.54) is 0 Å². The lowest BCUT2D eigenvalue weighted by molar-refractivity contribution is 0.579. The number of anilines is 1. The summed E-state index contributed by atoms with van der Waals surface area (Å²) in [6, 6.07) is 5.69. The standard InChI is InChI=1S/C13H17N3O/c1-3-6-12-15-10(11-7-5-8-17-11)9-13(16-12)14-4-2/h5,7-9H,3-4,6H2,1-2H3,(H,14,15,16). The van der Waals surface area contributed by atoms with Crippen LogP contribution in [0, 0.1) is 0 Å². The minimum Gasteiger partial charge on any atom is -0.463 e. The van der Waals surface area contributed by atoms with Gasteiger partial charge < -0.3 is 9.73 Å². The van der Waals surface area contributed by atoms with Crippen molar-refractivity contribution >= 4 is 5.82 Å². The summed E-state index contributed by atoms with van der Waals surface area (Å²) in [6.07, 6.45) is 3.57. The Morgan fingerprint density at radius 3 is 2.82 bits per heavy atom. The second-order valence-corrected chi connectivity index (χ2v) is 3.81. The van der Waals surface area contributed by atoms with Crippen LogP contribution in [0.1, 0.15) is 26.1 Å². The molecule has 0 aliphatic rings. The van der Waals surface area contributed by atoms with Gasteiger partial charge in [-0.15, -0.1) is 0 Å². The third-order valence-corrected chi connectivity index (χ3v) is 2.38. The molecule has 4 nitrogen and oxygen atoms in total. The van der Waals surface area contributed by atoms with Crippen molar-refractivity contribution in [1.82, 2.24) is 9.97 Å². The van der Waals surface area contributed by atoms with E-state index in [1.54, 1.807) is 6.26 Å². The molecule has 0 spiro atoms. The normalized spacial score (nSPS) is 10.5. The van der Waals surface area contributed by atoms with Gasteiger partial charge in [-0.25, -0.2) is 9.97 Å². The van der Waals surface area contributed by atoms with Gasteiger partial charge in [-0.3, -0.25) is 0 Å². The van der Waals surface area contributed by atoms with Crippen LogP contribution in [0.15, 0.2) is 28.9 Å². The molecule has 0 saturated heterocycles. The third-order valence-electron chi connectivity index (χ3n) is 2.38. The maximum absolute atomic E-state index is 5.37. The highest BCUT2D eigenvalue weighted by Gasteiger charge is 2.07. The maximum atomic E-state index is 5.37. The fourth-order valence-electron chi connectivity index (χ4n) is 1.65. The van der Waals surface area contributed by atoms with E-state index in [4.69, 9.17) is 4.42 Å². The van der Waals surface area contributed by atoms with Gasteiger partial charge in [-0.05, 0) is 25.5 Å². The summed E-state index contributed by atoms with van der Waals surface area (Å²) in [5, 5.41) is 3.22. The van der Waals surface area contributed by atoms with Gasteiger partial charge in [0, 0.05) is 19.0 Å². The molecule has 2 aromatic heterocycles. The monoisotopic (exact) mass is 231 g/mol. The molecule has 2 heterocycles. The lowest BCUT2D eigenvalue weighted by atomic mass is 10.2. The Kier molecular flexibility index (Phi) is 3.75. The van der Waals surface area contributed by atoms with E-state index in [0.717, 1.165) is 42.5 Å². The predicted octanol–water partition coefficient (Wildman–Crippen LogP) is 3.12. The van der Waals surface area contributed by atoms with Crippen LogP contribution in [0.25, 0.3) is 11.5 Å². The van der Waals surface area contributed by atoms with Crippen molar-refractivity contribution in [2.75, 3.05) is 11.9 Å². The Morgan fingerprint density at radius 1 is 1.29 bits per heavy atom. The second kappa shape index (κ2) is 5.48. The molecule has 0 aromatic carbocycles. The fourth-order valence-corrected chi connectivity index (χ4v) is 1.65. The zero-order valence-electron chi connectivity index (χ0n) is 10.2. The first kappa shape index (κ1) is 11.6. The van der Waals surface area contributed by atoms with Crippen LogP contribution in [0.5, 0.6) is 0 Å². The Balaban J connectivity index is 2.37. The molecular formula is C13H17N3O. The molecule has 90 valence electrons. The molecule has 2 aromatic rings. The van der Waals surface area contributed by atoms with Gasteiger partial charge in [-0.2, -0.15) is 0 Å². The van der Waals surface area contributed by atoms with E-state index >= 15 is 0 Å². The number of furan rings is 1. The average Bonchev–Trinajstić information content (AvgIpc) is 2.83. The van der Waals surface area contributed by atoms with Gasteiger partial charge in [0.25, 0.3) is 0 Å². The van der Waals surface area contributed by atoms with Crippen LogP contribution in [-0.4, -0.2) is 16.5 Å². The first-order valence-electron chi connectivity index (χ1n) is 5.99. The number of nitrogens with one attached hydrogen (secondary N) is 1. The van der Waals surface area contributed by atoms with Crippen molar-refractivity contribution in [1.29, 1.82) is 0 Å². The van der Waals surface area contributed by atoms with E-state index in [1.807, 2.05) is 25.1 Å². The highest BCUT2D eigenvalue weighted by Crippen LogP contribution is 2.20. The van der Waals surface area contributed by atoms with Crippen LogP contribution in [0.3, 0.4) is 0 Å². The lowest BCUT2D eigenvalue weighted by Gasteiger charge is -2.07. The molecule has 17 heavy (non-hydrogen) atoms. The van der Waals surface area contributed by atoms with Gasteiger partial charge >= 0.3 is 0 Å². The largest absolute Gasteiger partial charge is 0.463 e. The van der Waals surface area contributed by atoms with Crippen LogP contribution < -0.4 is 5.32 Å². The van der Waals surface area contributed by atoms with Crippen molar-refractivity contribution in [3.8, 4) is 11.5 Å². The molecule has 0 radical (unpaired) electrons. The summed E-state index contributed by atoms with van der Waals surface area (Å²) in [6.45, 7) is 5.02. The number of hydrogen-bond donors (Lipinski definition) is 1. The van der Waals surface area contributed by atoms with Crippen LogP contribution >= 0.6 is 0 Å². The zero-order chi connectivity index (χ0) is 12.1. The maximum Gasteiger partial charge on any atom is 0.152 e. The molecule has 0 unspecified atom stereocenters. The molecular weight excluding hydrogens is 214 g/mol. The number of hydrogen-bond acceptors (Lipinski definition) is 4. The molecule has 0 aliphatic carbocycles. The summed E-state index contributed by atoms with van der Waals surface area (Å²) in [5.74, 6) is 2.50. The number of rotatable bonds is 5. The highest BCUT2D eigenvalue weighted by atomic mass is 16.3. The van der Waals surface area contributed by atoms with Crippen molar-refractivity contribution < 1.29 is 4.42 Å². The molecule has 1 N–H and O–H groups in total. The van der Waals surface area contributed by atoms with Crippen LogP contribution in [0.2, 0.25) is 0 Å². The number of nitrogens with zero attached hydrogens (tertiary/aromatic N) is 2. The summed E-state index contributed by atoms with van der Waals surface area (Å²) in [4.78, 5) is 8.96. The lowest BCUT2D eigenvalue weighted by Crippen LogP contribution is -2.04. The van der Waals surface area contributed by atoms with Gasteiger partial charge in [0.05, 0.1) is 6.26 Å². The molecule has 4 heteroatoms. The minimum absolute atomic E-state index is 0.781. The molecule has 0 saturated carbocycles. The molecule has 0 fully saturated rings. The number of aryl methyl sites for hydroxylation is 1. The molecule has 0 bridgehead atoms. The first-order valence-corrected chi connectivity index (χ1v) is 5.99. The van der Waals surface area contributed by atoms with Gasteiger partial charge in [0.1, 0.15) is 17.3 Å². The summed E-state index contributed by atoms with van der Waals surface area (Å²) in [7, 11) is 0. The highest BCUT2D eigenvalue weighted by molar-refractivity contribution is 5.56. The Bertz CT molecular complexity index is 441. The van der Waals surface area contributed by atoms with Crippen LogP contribution in [0.4, 0.5) is 5.82 Å². The zero-order valence-corrected chi connectivity index (χ0v) is 10.2. The summed E-state index contributed by atoms with van der Waals surface area (Å²) < 4.78 is 5.37. The minimum atomic E-state index is 0.781. The van der Waals surface area contributed by atoms with Crippen molar-refractivity contribution in [2.45, 2.75) is 26.7 Å². The first-order chi connectivity index (χ1) is 8.33. The second-order valence-electron chi connectivity index (χ2n) is 3.81. The Hall–Kier alpha value is -1.84. The molecule has 0 amide bonds. The van der Waals surface area contributed by atoms with E-state index in [2.05, 4.69) is 22.2 Å². The SMILES string of the molecule is CCCc1nc(NCC)cc(-c2ccco2)n1. The fraction of sp³-hybridized carbons (Fsp3) is 0.385. The summed E-state index contributed by atoms with van der Waals surface area (Å²) >= 11 is 0. The van der Waals surface area contributed by atoms with Crippen molar-refractivity contribution in [3.05, 3.63) is 30.3 Å². The van der Waals surface area contributed by atoms with Gasteiger partial charge in [-0.1, -0.05) is 6.92 Å². The molecule has 0 aliphatic heterocycles. The molecule has 0 atom stereocenters. The van der Waals surface area contributed by atoms with Gasteiger partial charge in [0.15, 0.2) is 5.76 Å². The van der Waals surface area contributed by atoms with E-state index in [-0.39, 0.29) is 0 Å². The van der Waals surface area contributed by atoms with Crippen molar-refractivity contribution in [3.63, 3.8) is 0 Å². The topological polar surface area (TPSA) is 51.0 Å². The third kappa shape index (κ3) is 2.84. The smallest absolute Gasteiger partial charge is 0.152 e.